The first-order chi connectivity index (χ1) is 6.49. The molecule has 1 amide bonds. The van der Waals surface area contributed by atoms with E-state index in [1.54, 1.807) is 6.92 Å². The minimum Gasteiger partial charge on any atom is -0.338 e. The van der Waals surface area contributed by atoms with E-state index in [1.807, 2.05) is 11.9 Å². The van der Waals surface area contributed by atoms with Gasteiger partial charge < -0.3 is 10.2 Å². The van der Waals surface area contributed by atoms with Gasteiger partial charge in [0.05, 0.1) is 0 Å². The van der Waals surface area contributed by atoms with Crippen LogP contribution in [0.2, 0.25) is 0 Å². The first-order valence-corrected chi connectivity index (χ1v) is 5.45. The van der Waals surface area contributed by atoms with Crippen LogP contribution in [-0.4, -0.2) is 36.0 Å². The summed E-state index contributed by atoms with van der Waals surface area (Å²) < 4.78 is 0. The van der Waals surface area contributed by atoms with Crippen molar-refractivity contribution in [2.45, 2.75) is 51.6 Å². The number of piperidine rings is 1. The molecule has 0 aromatic heterocycles. The highest BCUT2D eigenvalue weighted by Gasteiger charge is 2.35. The van der Waals surface area contributed by atoms with E-state index in [0.29, 0.717) is 6.04 Å². The van der Waals surface area contributed by atoms with Crippen LogP contribution in [-0.2, 0) is 4.79 Å². The predicted octanol–water partition coefficient (Wildman–Crippen LogP) is 1.39. The number of amides is 1. The van der Waals surface area contributed by atoms with E-state index in [0.717, 1.165) is 19.4 Å². The summed E-state index contributed by atoms with van der Waals surface area (Å²) in [7, 11) is 1.97. The number of carbonyl (C=O) groups excluding carboxylic acids is 1. The third-order valence-corrected chi connectivity index (χ3v) is 3.38. The molecular weight excluding hydrogens is 176 g/mol. The van der Waals surface area contributed by atoms with Crippen molar-refractivity contribution >= 4 is 5.91 Å². The monoisotopic (exact) mass is 198 g/mol. The molecule has 1 atom stereocenters. The van der Waals surface area contributed by atoms with Gasteiger partial charge in [0.2, 0.25) is 5.91 Å². The molecule has 1 saturated heterocycles. The molecule has 82 valence electrons. The Bertz CT molecular complexity index is 213. The highest BCUT2D eigenvalue weighted by Crippen LogP contribution is 2.25. The quantitative estimate of drug-likeness (QED) is 0.727. The molecule has 1 aliphatic heterocycles. The third kappa shape index (κ3) is 2.27. The number of rotatable bonds is 2. The van der Waals surface area contributed by atoms with Crippen molar-refractivity contribution in [2.75, 3.05) is 13.6 Å². The summed E-state index contributed by atoms with van der Waals surface area (Å²) in [6, 6.07) is 0.346. The molecule has 3 nitrogen and oxygen atoms in total. The summed E-state index contributed by atoms with van der Waals surface area (Å²) in [5, 5.41) is 3.30. The van der Waals surface area contributed by atoms with E-state index in [-0.39, 0.29) is 11.4 Å². The van der Waals surface area contributed by atoms with Crippen LogP contribution >= 0.6 is 0 Å². The lowest BCUT2D eigenvalue weighted by Gasteiger charge is -2.44. The van der Waals surface area contributed by atoms with E-state index in [2.05, 4.69) is 19.2 Å². The van der Waals surface area contributed by atoms with Gasteiger partial charge in [-0.05, 0) is 40.2 Å². The van der Waals surface area contributed by atoms with Gasteiger partial charge in [-0.3, -0.25) is 4.79 Å². The first kappa shape index (κ1) is 11.5. The number of nitrogens with zero attached hydrogens (tertiary/aromatic N) is 1. The van der Waals surface area contributed by atoms with Crippen molar-refractivity contribution < 1.29 is 4.79 Å². The standard InChI is InChI=1S/C11H22N2O/c1-9(14)13-8-6-5-7-10(13)11(2,3)12-4/h10,12H,5-8H2,1-4H3. The lowest BCUT2D eigenvalue weighted by atomic mass is 9.86. The molecule has 1 unspecified atom stereocenters. The molecule has 1 aliphatic rings. The van der Waals surface area contributed by atoms with Crippen molar-refractivity contribution in [3.8, 4) is 0 Å². The number of likely N-dealkylation sites (N-methyl/N-ethyl adjacent to an activating group) is 1. The fourth-order valence-corrected chi connectivity index (χ4v) is 2.23. The Kier molecular flexibility index (Phi) is 3.53. The normalized spacial score (nSPS) is 23.7. The van der Waals surface area contributed by atoms with Gasteiger partial charge in [0.25, 0.3) is 0 Å². The fourth-order valence-electron chi connectivity index (χ4n) is 2.23. The second kappa shape index (κ2) is 4.30. The van der Waals surface area contributed by atoms with Crippen LogP contribution in [0.3, 0.4) is 0 Å². The Hall–Kier alpha value is -0.570. The van der Waals surface area contributed by atoms with Crippen molar-refractivity contribution in [2.24, 2.45) is 0 Å². The maximum Gasteiger partial charge on any atom is 0.219 e. The maximum atomic E-state index is 11.5. The summed E-state index contributed by atoms with van der Waals surface area (Å²) in [5.41, 5.74) is 0.0199. The molecule has 1 N–H and O–H groups in total. The molecule has 1 rings (SSSR count). The number of likely N-dealkylation sites (tertiary alicyclic amines) is 1. The maximum absolute atomic E-state index is 11.5. The lowest BCUT2D eigenvalue weighted by Crippen LogP contribution is -2.59. The summed E-state index contributed by atoms with van der Waals surface area (Å²) in [5.74, 6) is 0.207. The van der Waals surface area contributed by atoms with E-state index >= 15 is 0 Å². The van der Waals surface area contributed by atoms with E-state index in [4.69, 9.17) is 0 Å². The number of hydrogen-bond acceptors (Lipinski definition) is 2. The topological polar surface area (TPSA) is 32.3 Å². The van der Waals surface area contributed by atoms with Crippen molar-refractivity contribution in [1.29, 1.82) is 0 Å². The number of carbonyl (C=O) groups is 1. The van der Waals surface area contributed by atoms with Gasteiger partial charge in [-0.15, -0.1) is 0 Å². The molecule has 0 aliphatic carbocycles. The minimum atomic E-state index is 0.0199. The minimum absolute atomic E-state index is 0.0199. The Morgan fingerprint density at radius 2 is 2.07 bits per heavy atom. The van der Waals surface area contributed by atoms with Gasteiger partial charge >= 0.3 is 0 Å². The zero-order valence-electron chi connectivity index (χ0n) is 9.76. The van der Waals surface area contributed by atoms with Gasteiger partial charge in [0.15, 0.2) is 0 Å². The molecular formula is C11H22N2O. The molecule has 0 saturated carbocycles. The molecule has 1 heterocycles. The van der Waals surface area contributed by atoms with Crippen LogP contribution in [0, 0.1) is 0 Å². The van der Waals surface area contributed by atoms with E-state index < -0.39 is 0 Å². The van der Waals surface area contributed by atoms with Crippen LogP contribution in [0.15, 0.2) is 0 Å². The molecule has 0 aromatic carbocycles. The predicted molar refractivity (Wildman–Crippen MR) is 58.2 cm³/mol. The van der Waals surface area contributed by atoms with Gasteiger partial charge in [-0.1, -0.05) is 0 Å². The fraction of sp³-hybridized carbons (Fsp3) is 0.909. The average molecular weight is 198 g/mol. The van der Waals surface area contributed by atoms with Crippen LogP contribution in [0.4, 0.5) is 0 Å². The third-order valence-electron chi connectivity index (χ3n) is 3.38. The second-order valence-electron chi connectivity index (χ2n) is 4.70. The van der Waals surface area contributed by atoms with Crippen LogP contribution in [0.1, 0.15) is 40.0 Å². The highest BCUT2D eigenvalue weighted by molar-refractivity contribution is 5.73. The van der Waals surface area contributed by atoms with Gasteiger partial charge in [0, 0.05) is 25.0 Å². The Labute approximate surface area is 86.9 Å². The smallest absolute Gasteiger partial charge is 0.219 e. The van der Waals surface area contributed by atoms with Crippen LogP contribution in [0.25, 0.3) is 0 Å². The van der Waals surface area contributed by atoms with Gasteiger partial charge in [-0.25, -0.2) is 0 Å². The largest absolute Gasteiger partial charge is 0.338 e. The SMILES string of the molecule is CNC(C)(C)C1CCCCN1C(C)=O. The number of nitrogens with one attached hydrogen (secondary N) is 1. The molecule has 3 heteroatoms. The lowest BCUT2D eigenvalue weighted by molar-refractivity contribution is -0.134. The molecule has 0 bridgehead atoms. The van der Waals surface area contributed by atoms with Crippen LogP contribution in [0.5, 0.6) is 0 Å². The van der Waals surface area contributed by atoms with E-state index in [9.17, 15) is 4.79 Å². The summed E-state index contributed by atoms with van der Waals surface area (Å²) in [6.07, 6.45) is 3.50. The zero-order valence-corrected chi connectivity index (χ0v) is 9.76. The summed E-state index contributed by atoms with van der Waals surface area (Å²) in [4.78, 5) is 13.5. The Morgan fingerprint density at radius 3 is 2.57 bits per heavy atom. The van der Waals surface area contributed by atoms with Crippen molar-refractivity contribution in [3.63, 3.8) is 0 Å². The Morgan fingerprint density at radius 1 is 1.43 bits per heavy atom. The average Bonchev–Trinajstić information content (AvgIpc) is 2.18. The summed E-state index contributed by atoms with van der Waals surface area (Å²) in [6.45, 7) is 6.92. The Balaban J connectivity index is 2.77. The molecule has 0 radical (unpaired) electrons. The van der Waals surface area contributed by atoms with Crippen molar-refractivity contribution in [3.05, 3.63) is 0 Å². The van der Waals surface area contributed by atoms with Gasteiger partial charge in [-0.2, -0.15) is 0 Å². The number of hydrogen-bond donors (Lipinski definition) is 1. The van der Waals surface area contributed by atoms with E-state index in [1.165, 1.54) is 6.42 Å². The van der Waals surface area contributed by atoms with Crippen molar-refractivity contribution in [1.82, 2.24) is 10.2 Å². The van der Waals surface area contributed by atoms with Gasteiger partial charge in [0.1, 0.15) is 0 Å². The first-order valence-electron chi connectivity index (χ1n) is 5.45. The molecule has 0 aromatic rings. The second-order valence-corrected chi connectivity index (χ2v) is 4.70. The molecule has 1 fully saturated rings. The van der Waals surface area contributed by atoms with Crippen LogP contribution < -0.4 is 5.32 Å². The zero-order chi connectivity index (χ0) is 10.8. The molecule has 0 spiro atoms. The highest BCUT2D eigenvalue weighted by atomic mass is 16.2. The molecule has 14 heavy (non-hydrogen) atoms. The summed E-state index contributed by atoms with van der Waals surface area (Å²) >= 11 is 0.